The van der Waals surface area contributed by atoms with Crippen molar-refractivity contribution < 1.29 is 26.3 Å². The molecule has 0 aliphatic carbocycles. The Morgan fingerprint density at radius 3 is 2.00 bits per heavy atom. The molecule has 0 saturated heterocycles. The first-order chi connectivity index (χ1) is 7.09. The lowest BCUT2D eigenvalue weighted by Crippen LogP contribution is -2.14. The van der Waals surface area contributed by atoms with Crippen LogP contribution in [0.4, 0.5) is 32.0 Å². The monoisotopic (exact) mass is 243 g/mol. The minimum atomic E-state index is -4.67. The molecule has 0 radical (unpaired) electrons. The quantitative estimate of drug-likeness (QED) is 0.593. The number of nitrogens with two attached hydrogens (primary N) is 1. The van der Waals surface area contributed by atoms with Crippen LogP contribution in [-0.2, 0) is 12.6 Å². The average Bonchev–Trinajstić information content (AvgIpc) is 2.04. The van der Waals surface area contributed by atoms with Crippen molar-refractivity contribution in [2.24, 2.45) is 0 Å². The number of hydrogen-bond acceptors (Lipinski definition) is 1. The number of hydrogen-bond donors (Lipinski definition) is 1. The van der Waals surface area contributed by atoms with E-state index in [9.17, 15) is 26.3 Å². The molecular weight excluding hydrogens is 236 g/mol. The highest BCUT2D eigenvalue weighted by Gasteiger charge is 2.33. The van der Waals surface area contributed by atoms with Crippen molar-refractivity contribution in [1.82, 2.24) is 0 Å². The van der Waals surface area contributed by atoms with E-state index in [-0.39, 0.29) is 5.69 Å². The van der Waals surface area contributed by atoms with Crippen molar-refractivity contribution in [3.63, 3.8) is 0 Å². The summed E-state index contributed by atoms with van der Waals surface area (Å²) in [6, 6.07) is 1.89. The van der Waals surface area contributed by atoms with E-state index in [0.29, 0.717) is 12.1 Å². The Morgan fingerprint density at radius 1 is 1.00 bits per heavy atom. The number of benzene rings is 1. The summed E-state index contributed by atoms with van der Waals surface area (Å²) >= 11 is 0. The molecule has 0 amide bonds. The Hall–Kier alpha value is -1.40. The third-order valence-electron chi connectivity index (χ3n) is 1.86. The van der Waals surface area contributed by atoms with Gasteiger partial charge in [0.1, 0.15) is 0 Å². The Morgan fingerprint density at radius 2 is 1.56 bits per heavy atom. The van der Waals surface area contributed by atoms with Crippen molar-refractivity contribution >= 4 is 5.69 Å². The van der Waals surface area contributed by atoms with Crippen molar-refractivity contribution in [3.8, 4) is 0 Å². The van der Waals surface area contributed by atoms with Crippen LogP contribution in [0.1, 0.15) is 11.1 Å². The summed E-state index contributed by atoms with van der Waals surface area (Å²) in [6.45, 7) is 0. The second-order valence-electron chi connectivity index (χ2n) is 3.20. The van der Waals surface area contributed by atoms with Crippen molar-refractivity contribution in [3.05, 3.63) is 29.3 Å². The van der Waals surface area contributed by atoms with Crippen LogP contribution in [0, 0.1) is 0 Å². The second kappa shape index (κ2) is 3.88. The molecule has 0 spiro atoms. The van der Waals surface area contributed by atoms with E-state index >= 15 is 0 Å². The molecule has 0 bridgehead atoms. The maximum absolute atomic E-state index is 12.2. The first kappa shape index (κ1) is 12.7. The van der Waals surface area contributed by atoms with Gasteiger partial charge in [0.05, 0.1) is 12.0 Å². The zero-order valence-corrected chi connectivity index (χ0v) is 7.78. The average molecular weight is 243 g/mol. The lowest BCUT2D eigenvalue weighted by atomic mass is 10.1. The smallest absolute Gasteiger partial charge is 0.399 e. The predicted molar refractivity (Wildman–Crippen MR) is 45.6 cm³/mol. The second-order valence-corrected chi connectivity index (χ2v) is 3.20. The maximum atomic E-state index is 12.2. The van der Waals surface area contributed by atoms with E-state index in [1.807, 2.05) is 0 Å². The fourth-order valence-corrected chi connectivity index (χ4v) is 1.15. The molecule has 0 aromatic heterocycles. The summed E-state index contributed by atoms with van der Waals surface area (Å²) in [5, 5.41) is 0. The molecule has 0 heterocycles. The Labute approximate surface area is 86.9 Å². The normalized spacial score (nSPS) is 12.9. The van der Waals surface area contributed by atoms with Crippen LogP contribution in [0.2, 0.25) is 0 Å². The molecule has 0 fully saturated rings. The molecule has 0 unspecified atom stereocenters. The number of alkyl halides is 6. The van der Waals surface area contributed by atoms with Gasteiger partial charge in [-0.25, -0.2) is 0 Å². The van der Waals surface area contributed by atoms with E-state index in [1.165, 1.54) is 0 Å². The molecule has 16 heavy (non-hydrogen) atoms. The van der Waals surface area contributed by atoms with Crippen LogP contribution >= 0.6 is 0 Å². The Kier molecular flexibility index (Phi) is 3.07. The van der Waals surface area contributed by atoms with Crippen LogP contribution in [0.25, 0.3) is 0 Å². The van der Waals surface area contributed by atoms with Gasteiger partial charge in [0.2, 0.25) is 0 Å². The van der Waals surface area contributed by atoms with Gasteiger partial charge in [-0.05, 0) is 23.8 Å². The number of nitrogen functional groups attached to an aromatic ring is 1. The standard InChI is InChI=1S/C9H7F6N/c10-8(11,12)4-5-3-6(9(13,14)15)1-2-7(5)16/h1-3H,4,16H2. The molecule has 0 aliphatic rings. The van der Waals surface area contributed by atoms with E-state index in [1.54, 1.807) is 0 Å². The molecule has 1 aromatic carbocycles. The first-order valence-electron chi connectivity index (χ1n) is 4.12. The third-order valence-corrected chi connectivity index (χ3v) is 1.86. The Balaban J connectivity index is 3.10. The number of rotatable bonds is 1. The highest BCUT2D eigenvalue weighted by atomic mass is 19.4. The van der Waals surface area contributed by atoms with Gasteiger partial charge in [0.25, 0.3) is 0 Å². The zero-order valence-electron chi connectivity index (χ0n) is 7.78. The number of halogens is 6. The molecule has 90 valence electrons. The minimum absolute atomic E-state index is 0.301. The van der Waals surface area contributed by atoms with E-state index in [2.05, 4.69) is 0 Å². The molecule has 7 heteroatoms. The molecule has 1 aromatic rings. The van der Waals surface area contributed by atoms with Gasteiger partial charge < -0.3 is 5.73 Å². The molecule has 0 aliphatic heterocycles. The molecule has 2 N–H and O–H groups in total. The fourth-order valence-electron chi connectivity index (χ4n) is 1.15. The van der Waals surface area contributed by atoms with E-state index in [4.69, 9.17) is 5.73 Å². The van der Waals surface area contributed by atoms with E-state index < -0.39 is 29.9 Å². The first-order valence-corrected chi connectivity index (χ1v) is 4.12. The lowest BCUT2D eigenvalue weighted by Gasteiger charge is -2.12. The van der Waals surface area contributed by atoms with Gasteiger partial charge in [0.15, 0.2) is 0 Å². The predicted octanol–water partition coefficient (Wildman–Crippen LogP) is 3.39. The summed E-state index contributed by atoms with van der Waals surface area (Å²) in [5.41, 5.74) is 3.17. The van der Waals surface area contributed by atoms with E-state index in [0.717, 1.165) is 6.07 Å². The van der Waals surface area contributed by atoms with Crippen LogP contribution < -0.4 is 5.73 Å². The highest BCUT2D eigenvalue weighted by molar-refractivity contribution is 5.49. The fraction of sp³-hybridized carbons (Fsp3) is 0.333. The third kappa shape index (κ3) is 3.32. The lowest BCUT2D eigenvalue weighted by molar-refractivity contribution is -0.138. The molecule has 1 nitrogen and oxygen atoms in total. The molecule has 0 atom stereocenters. The largest absolute Gasteiger partial charge is 0.416 e. The van der Waals surface area contributed by atoms with Gasteiger partial charge in [-0.1, -0.05) is 0 Å². The Bertz CT molecular complexity index is 379. The summed E-state index contributed by atoms with van der Waals surface area (Å²) in [4.78, 5) is 0. The summed E-state index contributed by atoms with van der Waals surface area (Å²) in [5.74, 6) is 0. The van der Waals surface area contributed by atoms with Gasteiger partial charge in [-0.2, -0.15) is 26.3 Å². The zero-order chi connectivity index (χ0) is 12.6. The molecule has 0 saturated carbocycles. The summed E-state index contributed by atoms with van der Waals surface area (Å²) in [6.07, 6.45) is -10.7. The topological polar surface area (TPSA) is 26.0 Å². The summed E-state index contributed by atoms with van der Waals surface area (Å²) in [7, 11) is 0. The van der Waals surface area contributed by atoms with Crippen LogP contribution in [-0.4, -0.2) is 6.18 Å². The van der Waals surface area contributed by atoms with Crippen molar-refractivity contribution in [2.45, 2.75) is 18.8 Å². The van der Waals surface area contributed by atoms with Crippen LogP contribution in [0.15, 0.2) is 18.2 Å². The highest BCUT2D eigenvalue weighted by Crippen LogP contribution is 2.33. The van der Waals surface area contributed by atoms with Crippen LogP contribution in [0.3, 0.4) is 0 Å². The van der Waals surface area contributed by atoms with Gasteiger partial charge in [0, 0.05) is 5.69 Å². The van der Waals surface area contributed by atoms with Gasteiger partial charge in [-0.15, -0.1) is 0 Å². The van der Waals surface area contributed by atoms with Gasteiger partial charge in [-0.3, -0.25) is 0 Å². The number of anilines is 1. The van der Waals surface area contributed by atoms with Crippen LogP contribution in [0.5, 0.6) is 0 Å². The molecule has 1 rings (SSSR count). The molecular formula is C9H7F6N. The summed E-state index contributed by atoms with van der Waals surface area (Å²) < 4.78 is 72.7. The van der Waals surface area contributed by atoms with Gasteiger partial charge >= 0.3 is 12.4 Å². The minimum Gasteiger partial charge on any atom is -0.399 e. The maximum Gasteiger partial charge on any atom is 0.416 e. The van der Waals surface area contributed by atoms with Crippen molar-refractivity contribution in [1.29, 1.82) is 0 Å². The SMILES string of the molecule is Nc1ccc(C(F)(F)F)cc1CC(F)(F)F. The van der Waals surface area contributed by atoms with Crippen molar-refractivity contribution in [2.75, 3.05) is 5.73 Å².